The first-order chi connectivity index (χ1) is 8.54. The second kappa shape index (κ2) is 3.84. The molecular weight excluding hydrogens is 294 g/mol. The molecule has 0 atom stereocenters. The number of aromatic amines is 1. The number of halogens is 1. The standard InChI is InChI=1S/C12H12BrN5/c1-6-3-10(18(2)17-6)12-15-9-5-7(13)4-8(14)11(9)16-12/h3-5H,14H2,1-2H3,(H,15,16). The fourth-order valence-electron chi connectivity index (χ4n) is 2.06. The lowest BCUT2D eigenvalue weighted by Crippen LogP contribution is -1.94. The van der Waals surface area contributed by atoms with E-state index in [4.69, 9.17) is 5.73 Å². The molecular formula is C12H12BrN5. The van der Waals surface area contributed by atoms with E-state index in [0.29, 0.717) is 5.69 Å². The molecule has 0 fully saturated rings. The molecule has 0 amide bonds. The van der Waals surface area contributed by atoms with Gasteiger partial charge in [0.25, 0.3) is 0 Å². The van der Waals surface area contributed by atoms with Crippen molar-refractivity contribution in [3.8, 4) is 11.5 Å². The van der Waals surface area contributed by atoms with E-state index in [2.05, 4.69) is 31.0 Å². The van der Waals surface area contributed by atoms with E-state index in [0.717, 1.165) is 32.7 Å². The van der Waals surface area contributed by atoms with Gasteiger partial charge in [0.1, 0.15) is 11.2 Å². The molecule has 0 aliphatic heterocycles. The maximum Gasteiger partial charge on any atom is 0.156 e. The maximum atomic E-state index is 5.96. The number of hydrogen-bond donors (Lipinski definition) is 2. The zero-order valence-corrected chi connectivity index (χ0v) is 11.6. The third-order valence-electron chi connectivity index (χ3n) is 2.83. The Balaban J connectivity index is 2.25. The highest BCUT2D eigenvalue weighted by atomic mass is 79.9. The number of H-pyrrole nitrogens is 1. The number of fused-ring (bicyclic) bond motifs is 1. The van der Waals surface area contributed by atoms with Gasteiger partial charge in [0.05, 0.1) is 16.9 Å². The van der Waals surface area contributed by atoms with Gasteiger partial charge in [-0.25, -0.2) is 4.98 Å². The van der Waals surface area contributed by atoms with Crippen LogP contribution in [0.3, 0.4) is 0 Å². The van der Waals surface area contributed by atoms with E-state index in [1.165, 1.54) is 0 Å². The van der Waals surface area contributed by atoms with Crippen LogP contribution in [0.15, 0.2) is 22.7 Å². The lowest BCUT2D eigenvalue weighted by atomic mass is 10.3. The molecule has 0 unspecified atom stereocenters. The molecule has 2 aromatic heterocycles. The summed E-state index contributed by atoms with van der Waals surface area (Å²) in [4.78, 5) is 7.80. The van der Waals surface area contributed by atoms with Crippen LogP contribution in [0.5, 0.6) is 0 Å². The molecule has 6 heteroatoms. The van der Waals surface area contributed by atoms with Crippen LogP contribution >= 0.6 is 15.9 Å². The van der Waals surface area contributed by atoms with Crippen LogP contribution in [0.4, 0.5) is 5.69 Å². The number of benzene rings is 1. The summed E-state index contributed by atoms with van der Waals surface area (Å²) in [5.41, 5.74) is 10.2. The normalized spacial score (nSPS) is 11.3. The first kappa shape index (κ1) is 11.3. The average Bonchev–Trinajstić information content (AvgIpc) is 2.81. The summed E-state index contributed by atoms with van der Waals surface area (Å²) in [6.45, 7) is 1.96. The Labute approximate surface area is 112 Å². The molecule has 3 rings (SSSR count). The van der Waals surface area contributed by atoms with Crippen molar-refractivity contribution in [3.63, 3.8) is 0 Å². The highest BCUT2D eigenvalue weighted by molar-refractivity contribution is 9.10. The largest absolute Gasteiger partial charge is 0.397 e. The van der Waals surface area contributed by atoms with Crippen molar-refractivity contribution in [2.45, 2.75) is 6.92 Å². The second-order valence-corrected chi connectivity index (χ2v) is 5.19. The summed E-state index contributed by atoms with van der Waals surface area (Å²) in [7, 11) is 1.90. The SMILES string of the molecule is Cc1cc(-c2nc3c(N)cc(Br)cc3[nH]2)n(C)n1. The van der Waals surface area contributed by atoms with E-state index in [-0.39, 0.29) is 0 Å². The lowest BCUT2D eigenvalue weighted by Gasteiger charge is -1.95. The van der Waals surface area contributed by atoms with Crippen LogP contribution < -0.4 is 5.73 Å². The smallest absolute Gasteiger partial charge is 0.156 e. The molecule has 18 heavy (non-hydrogen) atoms. The maximum absolute atomic E-state index is 5.96. The van der Waals surface area contributed by atoms with Crippen molar-refractivity contribution in [1.29, 1.82) is 0 Å². The van der Waals surface area contributed by atoms with E-state index < -0.39 is 0 Å². The first-order valence-electron chi connectivity index (χ1n) is 5.50. The molecule has 1 aromatic carbocycles. The van der Waals surface area contributed by atoms with Gasteiger partial charge in [-0.1, -0.05) is 15.9 Å². The number of nitrogens with one attached hydrogen (secondary N) is 1. The predicted octanol–water partition coefficient (Wildman–Crippen LogP) is 2.62. The molecule has 0 radical (unpaired) electrons. The van der Waals surface area contributed by atoms with Gasteiger partial charge in [0, 0.05) is 11.5 Å². The van der Waals surface area contributed by atoms with Gasteiger partial charge < -0.3 is 10.7 Å². The number of imidazole rings is 1. The van der Waals surface area contributed by atoms with E-state index in [9.17, 15) is 0 Å². The van der Waals surface area contributed by atoms with Gasteiger partial charge in [-0.15, -0.1) is 0 Å². The van der Waals surface area contributed by atoms with E-state index in [1.54, 1.807) is 4.68 Å². The molecule has 0 saturated carbocycles. The van der Waals surface area contributed by atoms with Crippen LogP contribution in [0.2, 0.25) is 0 Å². The summed E-state index contributed by atoms with van der Waals surface area (Å²) in [6.07, 6.45) is 0. The van der Waals surface area contributed by atoms with Crippen molar-refractivity contribution in [3.05, 3.63) is 28.4 Å². The minimum Gasteiger partial charge on any atom is -0.397 e. The molecule has 0 spiro atoms. The van der Waals surface area contributed by atoms with Gasteiger partial charge in [-0.2, -0.15) is 5.10 Å². The number of nitrogens with zero attached hydrogens (tertiary/aromatic N) is 3. The highest BCUT2D eigenvalue weighted by Crippen LogP contribution is 2.27. The fourth-order valence-corrected chi connectivity index (χ4v) is 2.54. The molecule has 2 heterocycles. The summed E-state index contributed by atoms with van der Waals surface area (Å²) >= 11 is 3.42. The van der Waals surface area contributed by atoms with Gasteiger partial charge in [-0.3, -0.25) is 4.68 Å². The van der Waals surface area contributed by atoms with Crippen LogP contribution in [-0.2, 0) is 7.05 Å². The average molecular weight is 306 g/mol. The second-order valence-electron chi connectivity index (χ2n) is 4.27. The zero-order valence-electron chi connectivity index (χ0n) is 10.0. The Kier molecular flexibility index (Phi) is 2.41. The summed E-state index contributed by atoms with van der Waals surface area (Å²) in [5.74, 6) is 0.776. The number of hydrogen-bond acceptors (Lipinski definition) is 3. The Bertz CT molecular complexity index is 740. The van der Waals surface area contributed by atoms with Crippen molar-refractivity contribution < 1.29 is 0 Å². The molecule has 3 N–H and O–H groups in total. The van der Waals surface area contributed by atoms with Crippen LogP contribution in [0.25, 0.3) is 22.6 Å². The molecule has 3 aromatic rings. The minimum atomic E-state index is 0.653. The van der Waals surface area contributed by atoms with Gasteiger partial charge in [-0.05, 0) is 25.1 Å². The number of rotatable bonds is 1. The summed E-state index contributed by atoms with van der Waals surface area (Å²) in [6, 6.07) is 5.80. The molecule has 92 valence electrons. The van der Waals surface area contributed by atoms with Gasteiger partial charge >= 0.3 is 0 Å². The highest BCUT2D eigenvalue weighted by Gasteiger charge is 2.12. The van der Waals surface area contributed by atoms with Crippen LogP contribution in [0, 0.1) is 6.92 Å². The molecule has 5 nitrogen and oxygen atoms in total. The van der Waals surface area contributed by atoms with Crippen molar-refractivity contribution in [1.82, 2.24) is 19.7 Å². The summed E-state index contributed by atoms with van der Waals surface area (Å²) < 4.78 is 2.74. The number of nitrogens with two attached hydrogens (primary N) is 1. The lowest BCUT2D eigenvalue weighted by molar-refractivity contribution is 0.760. The molecule has 0 bridgehead atoms. The van der Waals surface area contributed by atoms with Crippen LogP contribution in [0.1, 0.15) is 5.69 Å². The Hall–Kier alpha value is -1.82. The van der Waals surface area contributed by atoms with Gasteiger partial charge in [0.2, 0.25) is 0 Å². The van der Waals surface area contributed by atoms with Crippen molar-refractivity contribution >= 4 is 32.7 Å². The fraction of sp³-hybridized carbons (Fsp3) is 0.167. The Morgan fingerprint density at radius 1 is 1.33 bits per heavy atom. The molecule has 0 aliphatic carbocycles. The number of aromatic nitrogens is 4. The number of aryl methyl sites for hydroxylation is 2. The third-order valence-corrected chi connectivity index (χ3v) is 3.28. The Morgan fingerprint density at radius 2 is 2.11 bits per heavy atom. The summed E-state index contributed by atoms with van der Waals surface area (Å²) in [5, 5.41) is 4.31. The number of nitrogen functional groups attached to an aromatic ring is 1. The van der Waals surface area contributed by atoms with Crippen molar-refractivity contribution in [2.75, 3.05) is 5.73 Å². The number of anilines is 1. The van der Waals surface area contributed by atoms with Gasteiger partial charge in [0.15, 0.2) is 5.82 Å². The predicted molar refractivity (Wildman–Crippen MR) is 75.1 cm³/mol. The van der Waals surface area contributed by atoms with Crippen molar-refractivity contribution in [2.24, 2.45) is 7.05 Å². The quantitative estimate of drug-likeness (QED) is 0.679. The molecule has 0 aliphatic rings. The third kappa shape index (κ3) is 1.69. The Morgan fingerprint density at radius 3 is 2.78 bits per heavy atom. The molecule has 0 saturated heterocycles. The zero-order chi connectivity index (χ0) is 12.9. The first-order valence-corrected chi connectivity index (χ1v) is 6.29. The minimum absolute atomic E-state index is 0.653. The van der Waals surface area contributed by atoms with E-state index in [1.807, 2.05) is 32.2 Å². The topological polar surface area (TPSA) is 72.5 Å². The van der Waals surface area contributed by atoms with E-state index >= 15 is 0 Å². The van der Waals surface area contributed by atoms with Crippen LogP contribution in [-0.4, -0.2) is 19.7 Å². The monoisotopic (exact) mass is 305 g/mol.